The van der Waals surface area contributed by atoms with E-state index in [2.05, 4.69) is 32.3 Å². The molecule has 3 aliphatic rings. The number of nitrogens with one attached hydrogen (secondary N) is 1. The van der Waals surface area contributed by atoms with Gasteiger partial charge in [0.15, 0.2) is 0 Å². The molecule has 1 aromatic rings. The molecule has 0 aliphatic heterocycles. The lowest BCUT2D eigenvalue weighted by Gasteiger charge is -2.62. The van der Waals surface area contributed by atoms with Crippen molar-refractivity contribution >= 4 is 29.4 Å². The highest BCUT2D eigenvalue weighted by atomic mass is 32.1. The van der Waals surface area contributed by atoms with Crippen molar-refractivity contribution in [3.05, 3.63) is 34.5 Å². The predicted octanol–water partition coefficient (Wildman–Crippen LogP) is 4.20. The molecule has 4 heteroatoms. The Morgan fingerprint density at radius 1 is 1.42 bits per heavy atom. The second-order valence-electron chi connectivity index (χ2n) is 7.70. The van der Waals surface area contributed by atoms with Gasteiger partial charge in [0, 0.05) is 28.5 Å². The van der Waals surface area contributed by atoms with Crippen molar-refractivity contribution in [1.82, 2.24) is 5.32 Å². The molecular formula is C20H27NO2S. The molecule has 1 heterocycles. The highest BCUT2D eigenvalue weighted by Crippen LogP contribution is 2.61. The normalized spacial score (nSPS) is 30.3. The third kappa shape index (κ3) is 2.66. The van der Waals surface area contributed by atoms with Crippen LogP contribution in [-0.4, -0.2) is 23.7 Å². The maximum atomic E-state index is 12.9. The first-order chi connectivity index (χ1) is 11.4. The van der Waals surface area contributed by atoms with E-state index in [-0.39, 0.29) is 24.0 Å². The maximum Gasteiger partial charge on any atom is 0.252 e. The van der Waals surface area contributed by atoms with Gasteiger partial charge in [-0.3, -0.25) is 4.79 Å². The van der Waals surface area contributed by atoms with Gasteiger partial charge in [0.05, 0.1) is 5.56 Å². The van der Waals surface area contributed by atoms with Gasteiger partial charge in [-0.15, -0.1) is 11.3 Å². The molecule has 130 valence electrons. The Hall–Kier alpha value is -1.39. The minimum absolute atomic E-state index is 0.0247. The van der Waals surface area contributed by atoms with E-state index in [4.69, 9.17) is 0 Å². The highest BCUT2D eigenvalue weighted by Gasteiger charge is 2.57. The fourth-order valence-corrected chi connectivity index (χ4v) is 5.64. The monoisotopic (exact) mass is 345 g/mol. The van der Waals surface area contributed by atoms with E-state index in [1.54, 1.807) is 12.2 Å². The fraction of sp³-hybridized carbons (Fsp3) is 0.550. The lowest BCUT2D eigenvalue weighted by Crippen LogP contribution is -2.63. The topological polar surface area (TPSA) is 49.3 Å². The minimum atomic E-state index is -0.0247. The number of aliphatic hydroxyl groups is 1. The Labute approximate surface area is 148 Å². The first-order valence-electron chi connectivity index (χ1n) is 8.72. The molecule has 4 rings (SSSR count). The van der Waals surface area contributed by atoms with Gasteiger partial charge >= 0.3 is 0 Å². The number of hydrogen-bond donors (Lipinski definition) is 2. The molecule has 2 N–H and O–H groups in total. The zero-order chi connectivity index (χ0) is 17.5. The van der Waals surface area contributed by atoms with E-state index in [0.717, 1.165) is 29.2 Å². The summed E-state index contributed by atoms with van der Waals surface area (Å²) < 4.78 is 0. The Balaban J connectivity index is 1.82. The van der Waals surface area contributed by atoms with E-state index in [1.807, 2.05) is 5.38 Å². The second kappa shape index (κ2) is 6.49. The molecule has 0 aromatic carbocycles. The summed E-state index contributed by atoms with van der Waals surface area (Å²) >= 11 is 1.52. The van der Waals surface area contributed by atoms with Crippen LogP contribution in [0.1, 0.15) is 53.9 Å². The van der Waals surface area contributed by atoms with Crippen molar-refractivity contribution in [3.63, 3.8) is 0 Å². The summed E-state index contributed by atoms with van der Waals surface area (Å²) in [6.45, 7) is 12.5. The Kier molecular flexibility index (Phi) is 4.71. The van der Waals surface area contributed by atoms with Crippen LogP contribution < -0.4 is 5.32 Å². The van der Waals surface area contributed by atoms with Crippen LogP contribution in [0.15, 0.2) is 18.5 Å². The van der Waals surface area contributed by atoms with E-state index in [1.165, 1.54) is 17.8 Å². The SMILES string of the molecule is C=Cc1scc(C(=O)N[C@@H]2C(CCO)CC3CC2C3(C)C)c1C=C. The molecule has 4 atom stereocenters. The number of hydrogen-bond acceptors (Lipinski definition) is 3. The lowest BCUT2D eigenvalue weighted by atomic mass is 9.44. The third-order valence-electron chi connectivity index (χ3n) is 6.37. The van der Waals surface area contributed by atoms with Crippen LogP contribution in [0.2, 0.25) is 0 Å². The third-order valence-corrected chi connectivity index (χ3v) is 7.36. The smallest absolute Gasteiger partial charge is 0.252 e. The van der Waals surface area contributed by atoms with Crippen LogP contribution >= 0.6 is 11.3 Å². The summed E-state index contributed by atoms with van der Waals surface area (Å²) in [5, 5.41) is 14.6. The lowest BCUT2D eigenvalue weighted by molar-refractivity contribution is -0.114. The molecule has 3 saturated carbocycles. The van der Waals surface area contributed by atoms with Crippen LogP contribution in [-0.2, 0) is 0 Å². The van der Waals surface area contributed by atoms with E-state index in [9.17, 15) is 9.90 Å². The van der Waals surface area contributed by atoms with Gasteiger partial charge in [0.2, 0.25) is 0 Å². The van der Waals surface area contributed by atoms with Gasteiger partial charge in [-0.2, -0.15) is 0 Å². The minimum Gasteiger partial charge on any atom is -0.396 e. The number of fused-ring (bicyclic) bond motifs is 2. The molecule has 0 spiro atoms. The second-order valence-corrected chi connectivity index (χ2v) is 8.61. The van der Waals surface area contributed by atoms with Crippen molar-refractivity contribution in [3.8, 4) is 0 Å². The van der Waals surface area contributed by atoms with Crippen LogP contribution in [0.25, 0.3) is 12.2 Å². The highest BCUT2D eigenvalue weighted by molar-refractivity contribution is 7.11. The van der Waals surface area contributed by atoms with E-state index >= 15 is 0 Å². The molecule has 3 unspecified atom stereocenters. The number of rotatable bonds is 6. The summed E-state index contributed by atoms with van der Waals surface area (Å²) in [6, 6.07) is 0.148. The van der Waals surface area contributed by atoms with Gasteiger partial charge in [-0.25, -0.2) is 0 Å². The quantitative estimate of drug-likeness (QED) is 0.812. The van der Waals surface area contributed by atoms with Gasteiger partial charge in [-0.1, -0.05) is 39.2 Å². The maximum absolute atomic E-state index is 12.9. The van der Waals surface area contributed by atoms with Crippen molar-refractivity contribution in [2.24, 2.45) is 23.2 Å². The number of amides is 1. The first kappa shape index (κ1) is 17.4. The van der Waals surface area contributed by atoms with Crippen molar-refractivity contribution in [2.75, 3.05) is 6.61 Å². The molecule has 0 saturated heterocycles. The molecule has 24 heavy (non-hydrogen) atoms. The summed E-state index contributed by atoms with van der Waals surface area (Å²) in [4.78, 5) is 13.9. The number of carbonyl (C=O) groups excluding carboxylic acids is 1. The molecule has 2 bridgehead atoms. The van der Waals surface area contributed by atoms with Crippen molar-refractivity contribution < 1.29 is 9.90 Å². The first-order valence-corrected chi connectivity index (χ1v) is 9.60. The average molecular weight is 346 g/mol. The summed E-state index contributed by atoms with van der Waals surface area (Å²) in [6.07, 6.45) is 6.57. The van der Waals surface area contributed by atoms with Crippen LogP contribution in [0.3, 0.4) is 0 Å². The molecule has 0 radical (unpaired) electrons. The number of carbonyl (C=O) groups is 1. The van der Waals surface area contributed by atoms with Crippen molar-refractivity contribution in [1.29, 1.82) is 0 Å². The molecule has 3 aliphatic carbocycles. The zero-order valence-corrected chi connectivity index (χ0v) is 15.4. The summed E-state index contributed by atoms with van der Waals surface area (Å²) in [7, 11) is 0. The van der Waals surface area contributed by atoms with Gasteiger partial charge in [0.1, 0.15) is 0 Å². The summed E-state index contributed by atoms with van der Waals surface area (Å²) in [5.74, 6) is 1.58. The van der Waals surface area contributed by atoms with Crippen LogP contribution in [0.5, 0.6) is 0 Å². The molecule has 1 amide bonds. The largest absolute Gasteiger partial charge is 0.396 e. The zero-order valence-electron chi connectivity index (χ0n) is 14.5. The molecule has 3 nitrogen and oxygen atoms in total. The van der Waals surface area contributed by atoms with Crippen LogP contribution in [0, 0.1) is 23.2 Å². The Morgan fingerprint density at radius 2 is 2.17 bits per heavy atom. The van der Waals surface area contributed by atoms with Crippen LogP contribution in [0.4, 0.5) is 0 Å². The molecular weight excluding hydrogens is 318 g/mol. The number of thiophene rings is 1. The van der Waals surface area contributed by atoms with E-state index in [0.29, 0.717) is 17.4 Å². The van der Waals surface area contributed by atoms with Gasteiger partial charge in [0.25, 0.3) is 5.91 Å². The summed E-state index contributed by atoms with van der Waals surface area (Å²) in [5.41, 5.74) is 1.84. The standard InChI is InChI=1S/C20H27NO2S/c1-5-14-15(11-24-17(14)6-2)19(23)21-18-12(7-8-22)9-13-10-16(18)20(13,3)4/h5-6,11-13,16,18,22H,1-2,7-10H2,3-4H3,(H,21,23)/t12?,13?,16?,18-/m1/s1. The number of aliphatic hydroxyl groups excluding tert-OH is 1. The predicted molar refractivity (Wildman–Crippen MR) is 101 cm³/mol. The Bertz CT molecular complexity index is 661. The average Bonchev–Trinajstić information content (AvgIpc) is 2.99. The Morgan fingerprint density at radius 3 is 2.75 bits per heavy atom. The van der Waals surface area contributed by atoms with Gasteiger partial charge < -0.3 is 10.4 Å². The molecule has 1 aromatic heterocycles. The molecule has 3 fully saturated rings. The van der Waals surface area contributed by atoms with Gasteiger partial charge in [-0.05, 0) is 42.4 Å². The van der Waals surface area contributed by atoms with Crippen molar-refractivity contribution in [2.45, 2.75) is 39.2 Å². The van der Waals surface area contributed by atoms with E-state index < -0.39 is 0 Å². The fourth-order valence-electron chi connectivity index (χ4n) is 4.74.